The Kier molecular flexibility index (Phi) is 5.80. The molecule has 0 bridgehead atoms. The van der Waals surface area contributed by atoms with E-state index in [2.05, 4.69) is 9.97 Å². The zero-order valence-electron chi connectivity index (χ0n) is 20.3. The van der Waals surface area contributed by atoms with Gasteiger partial charge in [-0.25, -0.2) is 4.98 Å². The average Bonchev–Trinajstić information content (AvgIpc) is 3.37. The number of fused-ring (bicyclic) bond motifs is 1. The molecule has 1 unspecified atom stereocenters. The van der Waals surface area contributed by atoms with Crippen LogP contribution in [-0.2, 0) is 9.59 Å². The molecule has 0 saturated carbocycles. The zero-order chi connectivity index (χ0) is 25.7. The first kappa shape index (κ1) is 23.6. The maximum absolute atomic E-state index is 13.4. The van der Waals surface area contributed by atoms with Crippen LogP contribution in [0.3, 0.4) is 0 Å². The van der Waals surface area contributed by atoms with Crippen molar-refractivity contribution in [1.29, 1.82) is 0 Å². The lowest BCUT2D eigenvalue weighted by Gasteiger charge is -2.23. The van der Waals surface area contributed by atoms with Gasteiger partial charge in [0.2, 0.25) is 5.95 Å². The summed E-state index contributed by atoms with van der Waals surface area (Å²) in [4.78, 5) is 37.9. The van der Waals surface area contributed by atoms with Crippen LogP contribution in [-0.4, -0.2) is 40.9 Å². The molecule has 1 fully saturated rings. The molecule has 3 aromatic carbocycles. The van der Waals surface area contributed by atoms with Gasteiger partial charge in [-0.05, 0) is 79.1 Å². The molecule has 1 saturated heterocycles. The molecular weight excluding hydrogens is 476 g/mol. The molecule has 1 aliphatic heterocycles. The number of halogens is 1. The van der Waals surface area contributed by atoms with Gasteiger partial charge in [-0.2, -0.15) is 0 Å². The summed E-state index contributed by atoms with van der Waals surface area (Å²) in [6.07, 6.45) is 0. The summed E-state index contributed by atoms with van der Waals surface area (Å²) >= 11 is 6.01. The van der Waals surface area contributed by atoms with Crippen LogP contribution < -0.4 is 9.80 Å². The van der Waals surface area contributed by atoms with Crippen LogP contribution in [0.1, 0.15) is 28.3 Å². The van der Waals surface area contributed by atoms with Gasteiger partial charge in [-0.3, -0.25) is 14.5 Å². The number of aromatic nitrogens is 2. The Hall–Kier alpha value is -4.10. The van der Waals surface area contributed by atoms with E-state index in [9.17, 15) is 14.7 Å². The highest BCUT2D eigenvalue weighted by Gasteiger charge is 2.48. The predicted octanol–water partition coefficient (Wildman–Crippen LogP) is 5.53. The summed E-state index contributed by atoms with van der Waals surface area (Å²) in [5.74, 6) is -1.57. The fourth-order valence-corrected chi connectivity index (χ4v) is 4.58. The Balaban J connectivity index is 1.72. The number of aryl methyl sites for hydroxylation is 2. The second-order valence-electron chi connectivity index (χ2n) is 9.18. The maximum Gasteiger partial charge on any atom is 0.302 e. The number of aliphatic hydroxyl groups excluding tert-OH is 1. The second-order valence-corrected chi connectivity index (χ2v) is 9.61. The van der Waals surface area contributed by atoms with Gasteiger partial charge in [0, 0.05) is 30.4 Å². The number of anilines is 2. The minimum Gasteiger partial charge on any atom is -0.507 e. The molecule has 1 aliphatic rings. The molecule has 1 amide bonds. The number of imidazole rings is 1. The van der Waals surface area contributed by atoms with E-state index in [0.717, 1.165) is 22.3 Å². The van der Waals surface area contributed by atoms with E-state index >= 15 is 0 Å². The first-order chi connectivity index (χ1) is 17.2. The number of H-pyrrole nitrogens is 1. The van der Waals surface area contributed by atoms with E-state index in [1.807, 2.05) is 69.2 Å². The molecule has 8 heteroatoms. The summed E-state index contributed by atoms with van der Waals surface area (Å²) in [5.41, 5.74) is 5.62. The molecule has 2 N–H and O–H groups in total. The number of aliphatic hydroxyl groups is 1. The van der Waals surface area contributed by atoms with Gasteiger partial charge in [0.1, 0.15) is 5.76 Å². The summed E-state index contributed by atoms with van der Waals surface area (Å²) < 4.78 is 0. The third-order valence-electron chi connectivity index (χ3n) is 6.60. The zero-order valence-corrected chi connectivity index (χ0v) is 21.1. The van der Waals surface area contributed by atoms with Crippen LogP contribution >= 0.6 is 11.6 Å². The van der Waals surface area contributed by atoms with Crippen molar-refractivity contribution in [2.45, 2.75) is 19.9 Å². The van der Waals surface area contributed by atoms with Crippen LogP contribution in [0.2, 0.25) is 5.02 Å². The summed E-state index contributed by atoms with van der Waals surface area (Å²) in [6, 6.07) is 17.0. The molecular formula is C28H25ClN4O3. The van der Waals surface area contributed by atoms with Crippen molar-refractivity contribution >= 4 is 51.7 Å². The molecule has 5 rings (SSSR count). The van der Waals surface area contributed by atoms with Crippen molar-refractivity contribution in [3.63, 3.8) is 0 Å². The number of hydrogen-bond donors (Lipinski definition) is 2. The number of carbonyl (C=O) groups excluding carboxylic acids is 2. The minimum absolute atomic E-state index is 0.00672. The highest BCUT2D eigenvalue weighted by molar-refractivity contribution is 6.51. The van der Waals surface area contributed by atoms with Crippen LogP contribution in [0.15, 0.2) is 66.2 Å². The van der Waals surface area contributed by atoms with E-state index < -0.39 is 17.7 Å². The lowest BCUT2D eigenvalue weighted by Crippen LogP contribution is -2.30. The maximum atomic E-state index is 13.4. The Morgan fingerprint density at radius 3 is 2.28 bits per heavy atom. The number of carbonyl (C=O) groups is 2. The molecule has 0 radical (unpaired) electrons. The van der Waals surface area contributed by atoms with Gasteiger partial charge >= 0.3 is 5.91 Å². The van der Waals surface area contributed by atoms with Crippen LogP contribution in [0.4, 0.5) is 11.6 Å². The molecule has 1 aromatic heterocycles. The normalized spacial score (nSPS) is 17.2. The van der Waals surface area contributed by atoms with Crippen LogP contribution in [0, 0.1) is 13.8 Å². The molecule has 2 heterocycles. The highest BCUT2D eigenvalue weighted by atomic mass is 35.5. The summed E-state index contributed by atoms with van der Waals surface area (Å²) in [5, 5.41) is 11.7. The lowest BCUT2D eigenvalue weighted by atomic mass is 9.95. The smallest absolute Gasteiger partial charge is 0.302 e. The Labute approximate surface area is 213 Å². The van der Waals surface area contributed by atoms with Crippen molar-refractivity contribution in [3.8, 4) is 0 Å². The topological polar surface area (TPSA) is 89.5 Å². The van der Waals surface area contributed by atoms with E-state index in [1.165, 1.54) is 4.90 Å². The van der Waals surface area contributed by atoms with Crippen LogP contribution in [0.25, 0.3) is 16.8 Å². The molecule has 0 aliphatic carbocycles. The lowest BCUT2D eigenvalue weighted by molar-refractivity contribution is -0.132. The third-order valence-corrected chi connectivity index (χ3v) is 6.85. The van der Waals surface area contributed by atoms with Crippen molar-refractivity contribution in [2.75, 3.05) is 23.9 Å². The Morgan fingerprint density at radius 1 is 1.00 bits per heavy atom. The van der Waals surface area contributed by atoms with E-state index in [-0.39, 0.29) is 17.3 Å². The Morgan fingerprint density at radius 2 is 1.64 bits per heavy atom. The minimum atomic E-state index is -0.875. The van der Waals surface area contributed by atoms with Gasteiger partial charge in [0.25, 0.3) is 5.78 Å². The number of amides is 1. The van der Waals surface area contributed by atoms with Crippen molar-refractivity contribution in [1.82, 2.24) is 9.97 Å². The Bertz CT molecular complexity index is 1500. The van der Waals surface area contributed by atoms with Gasteiger partial charge < -0.3 is 15.0 Å². The predicted molar refractivity (Wildman–Crippen MR) is 143 cm³/mol. The third kappa shape index (κ3) is 3.91. The molecule has 36 heavy (non-hydrogen) atoms. The molecule has 1 atom stereocenters. The molecule has 4 aromatic rings. The van der Waals surface area contributed by atoms with E-state index in [0.29, 0.717) is 21.7 Å². The standard InChI is InChI=1S/C28H25ClN4O3/c1-15-13-21-22(14-16(15)2)31-28(30-21)33-24(17-7-11-20(12-8-17)32(3)4)23(26(35)27(33)36)25(34)18-5-9-19(29)10-6-18/h5-14,24,34H,1-4H3,(H,30,31)/b25-23+. The number of Topliss-reactive ketones (excluding diaryl/α,β-unsaturated/α-hetero) is 1. The summed E-state index contributed by atoms with van der Waals surface area (Å²) in [6.45, 7) is 3.99. The molecule has 7 nitrogen and oxygen atoms in total. The number of nitrogens with one attached hydrogen (secondary N) is 1. The first-order valence-corrected chi connectivity index (χ1v) is 11.8. The second kappa shape index (κ2) is 8.84. The monoisotopic (exact) mass is 500 g/mol. The fourth-order valence-electron chi connectivity index (χ4n) is 4.45. The van der Waals surface area contributed by atoms with Gasteiger partial charge in [-0.15, -0.1) is 0 Å². The number of rotatable bonds is 4. The largest absolute Gasteiger partial charge is 0.507 e. The number of benzene rings is 3. The van der Waals surface area contributed by atoms with Gasteiger partial charge in [0.05, 0.1) is 22.6 Å². The van der Waals surface area contributed by atoms with E-state index in [4.69, 9.17) is 11.6 Å². The van der Waals surface area contributed by atoms with Crippen LogP contribution in [0.5, 0.6) is 0 Å². The average molecular weight is 501 g/mol. The molecule has 182 valence electrons. The highest BCUT2D eigenvalue weighted by Crippen LogP contribution is 2.42. The number of hydrogen-bond acceptors (Lipinski definition) is 5. The van der Waals surface area contributed by atoms with Crippen molar-refractivity contribution < 1.29 is 14.7 Å². The summed E-state index contributed by atoms with van der Waals surface area (Å²) in [7, 11) is 3.86. The van der Waals surface area contributed by atoms with Gasteiger partial charge in [0.15, 0.2) is 0 Å². The SMILES string of the molecule is Cc1cc2nc(N3C(=O)C(=O)/C(=C(/O)c4ccc(Cl)cc4)C3c3ccc(N(C)C)cc3)[nH]c2cc1C. The van der Waals surface area contributed by atoms with Crippen molar-refractivity contribution in [2.24, 2.45) is 0 Å². The number of aromatic amines is 1. The van der Waals surface area contributed by atoms with E-state index in [1.54, 1.807) is 24.3 Å². The van der Waals surface area contributed by atoms with Gasteiger partial charge in [-0.1, -0.05) is 23.7 Å². The molecule has 0 spiro atoms. The van der Waals surface area contributed by atoms with Crippen molar-refractivity contribution in [3.05, 3.63) is 93.5 Å². The quantitative estimate of drug-likeness (QED) is 0.218. The number of ketones is 1. The fraction of sp³-hybridized carbons (Fsp3) is 0.179. The first-order valence-electron chi connectivity index (χ1n) is 11.5. The number of nitrogens with zero attached hydrogens (tertiary/aromatic N) is 3.